The predicted molar refractivity (Wildman–Crippen MR) is 74.7 cm³/mol. The van der Waals surface area contributed by atoms with Crippen LogP contribution in [0.2, 0.25) is 0 Å². The Hall–Kier alpha value is -1.11. The molecule has 0 bridgehead atoms. The zero-order chi connectivity index (χ0) is 14.9. The maximum Gasteiger partial charge on any atom is 0.224 e. The molecule has 114 valence electrons. The summed E-state index contributed by atoms with van der Waals surface area (Å²) in [5, 5.41) is 5.62. The van der Waals surface area contributed by atoms with Gasteiger partial charge in [0.15, 0.2) is 9.84 Å². The van der Waals surface area contributed by atoms with E-state index in [1.54, 1.807) is 0 Å². The fourth-order valence-corrected chi connectivity index (χ4v) is 4.12. The number of carbonyl (C=O) groups excluding carboxylic acids is 2. The van der Waals surface area contributed by atoms with E-state index in [-0.39, 0.29) is 47.2 Å². The minimum Gasteiger partial charge on any atom is -0.353 e. The Morgan fingerprint density at radius 2 is 1.90 bits per heavy atom. The van der Waals surface area contributed by atoms with E-state index in [0.717, 1.165) is 6.42 Å². The molecule has 0 aromatic rings. The molecule has 4 unspecified atom stereocenters. The molecule has 0 radical (unpaired) electrons. The zero-order valence-electron chi connectivity index (χ0n) is 11.9. The number of rotatable bonds is 5. The largest absolute Gasteiger partial charge is 0.353 e. The van der Waals surface area contributed by atoms with Gasteiger partial charge >= 0.3 is 0 Å². The molecule has 1 aliphatic heterocycles. The van der Waals surface area contributed by atoms with Gasteiger partial charge in [-0.15, -0.1) is 0 Å². The van der Waals surface area contributed by atoms with Crippen LogP contribution >= 0.6 is 0 Å². The predicted octanol–water partition coefficient (Wildman–Crippen LogP) is -0.159. The second-order valence-corrected chi connectivity index (χ2v) is 8.10. The van der Waals surface area contributed by atoms with E-state index in [2.05, 4.69) is 10.6 Å². The summed E-state index contributed by atoms with van der Waals surface area (Å²) in [6, 6.07) is -0.168. The Morgan fingerprint density at radius 1 is 1.25 bits per heavy atom. The molecule has 7 heteroatoms. The molecule has 1 heterocycles. The van der Waals surface area contributed by atoms with E-state index in [0.29, 0.717) is 12.8 Å². The monoisotopic (exact) mass is 302 g/mol. The summed E-state index contributed by atoms with van der Waals surface area (Å²) in [5.74, 6) is -0.630. The van der Waals surface area contributed by atoms with Gasteiger partial charge in [-0.2, -0.15) is 0 Å². The first kappa shape index (κ1) is 15.3. The molecule has 2 amide bonds. The minimum absolute atomic E-state index is 0.0230. The van der Waals surface area contributed by atoms with Gasteiger partial charge in [0.05, 0.1) is 23.3 Å². The molecule has 0 aromatic heterocycles. The second kappa shape index (κ2) is 5.71. The Morgan fingerprint density at radius 3 is 2.45 bits per heavy atom. The van der Waals surface area contributed by atoms with E-state index in [1.165, 1.54) is 0 Å². The average molecular weight is 302 g/mol. The highest BCUT2D eigenvalue weighted by atomic mass is 32.2. The molecule has 0 spiro atoms. The van der Waals surface area contributed by atoms with Crippen LogP contribution in [0.5, 0.6) is 0 Å². The summed E-state index contributed by atoms with van der Waals surface area (Å²) in [7, 11) is -2.99. The van der Waals surface area contributed by atoms with Crippen molar-refractivity contribution >= 4 is 21.7 Å². The van der Waals surface area contributed by atoms with Crippen LogP contribution in [0.15, 0.2) is 0 Å². The van der Waals surface area contributed by atoms with Crippen LogP contribution in [0.4, 0.5) is 0 Å². The Labute approximate surface area is 119 Å². The maximum absolute atomic E-state index is 12.0. The summed E-state index contributed by atoms with van der Waals surface area (Å²) < 4.78 is 22.6. The molecule has 4 atom stereocenters. The molecular formula is C13H22N2O4S. The van der Waals surface area contributed by atoms with E-state index >= 15 is 0 Å². The number of hydrogen-bond acceptors (Lipinski definition) is 4. The first-order valence-electron chi connectivity index (χ1n) is 7.13. The molecule has 2 rings (SSSR count). The van der Waals surface area contributed by atoms with Crippen molar-refractivity contribution in [2.45, 2.75) is 45.2 Å². The minimum atomic E-state index is -2.99. The quantitative estimate of drug-likeness (QED) is 0.738. The van der Waals surface area contributed by atoms with E-state index in [1.807, 2.05) is 13.8 Å². The van der Waals surface area contributed by atoms with E-state index in [9.17, 15) is 18.0 Å². The first-order valence-corrected chi connectivity index (χ1v) is 8.95. The zero-order valence-corrected chi connectivity index (χ0v) is 12.7. The van der Waals surface area contributed by atoms with Crippen LogP contribution in [0.3, 0.4) is 0 Å². The van der Waals surface area contributed by atoms with Crippen LogP contribution in [-0.4, -0.2) is 43.8 Å². The Kier molecular flexibility index (Phi) is 4.36. The lowest BCUT2D eigenvalue weighted by Crippen LogP contribution is -2.38. The SMILES string of the molecule is CCC(C)NC(=O)C1CC1C(=O)NC1CCS(=O)(=O)C1. The molecule has 6 nitrogen and oxygen atoms in total. The fourth-order valence-electron chi connectivity index (χ4n) is 2.44. The topological polar surface area (TPSA) is 92.3 Å². The maximum atomic E-state index is 12.0. The van der Waals surface area contributed by atoms with Crippen LogP contribution in [0.1, 0.15) is 33.1 Å². The van der Waals surface area contributed by atoms with Crippen molar-refractivity contribution in [3.8, 4) is 0 Å². The van der Waals surface area contributed by atoms with Crippen molar-refractivity contribution in [3.05, 3.63) is 0 Å². The van der Waals surface area contributed by atoms with Crippen LogP contribution in [0, 0.1) is 11.8 Å². The van der Waals surface area contributed by atoms with Crippen molar-refractivity contribution in [1.82, 2.24) is 10.6 Å². The molecule has 1 aliphatic carbocycles. The third-order valence-corrected chi connectivity index (χ3v) is 5.81. The number of amides is 2. The first-order chi connectivity index (χ1) is 9.32. The van der Waals surface area contributed by atoms with Gasteiger partial charge in [0.1, 0.15) is 0 Å². The Bertz CT molecular complexity index is 503. The van der Waals surface area contributed by atoms with E-state index in [4.69, 9.17) is 0 Å². The van der Waals surface area contributed by atoms with Crippen molar-refractivity contribution in [2.75, 3.05) is 11.5 Å². The number of sulfone groups is 1. The average Bonchev–Trinajstić information content (AvgIpc) is 3.09. The third kappa shape index (κ3) is 3.71. The highest BCUT2D eigenvalue weighted by Gasteiger charge is 2.48. The smallest absolute Gasteiger partial charge is 0.224 e. The summed E-state index contributed by atoms with van der Waals surface area (Å²) in [6.45, 7) is 3.92. The lowest BCUT2D eigenvalue weighted by atomic mass is 10.2. The van der Waals surface area contributed by atoms with Gasteiger partial charge in [-0.05, 0) is 26.2 Å². The van der Waals surface area contributed by atoms with Crippen molar-refractivity contribution in [1.29, 1.82) is 0 Å². The van der Waals surface area contributed by atoms with Crippen LogP contribution in [-0.2, 0) is 19.4 Å². The molecule has 0 aromatic carbocycles. The summed E-state index contributed by atoms with van der Waals surface area (Å²) in [5.41, 5.74) is 0. The molecule has 2 N–H and O–H groups in total. The second-order valence-electron chi connectivity index (χ2n) is 5.88. The van der Waals surface area contributed by atoms with Crippen LogP contribution in [0.25, 0.3) is 0 Å². The fraction of sp³-hybridized carbons (Fsp3) is 0.846. The summed E-state index contributed by atoms with van der Waals surface area (Å²) in [6.07, 6.45) is 1.90. The highest BCUT2D eigenvalue weighted by Crippen LogP contribution is 2.39. The lowest BCUT2D eigenvalue weighted by Gasteiger charge is -2.12. The molecule has 1 saturated carbocycles. The van der Waals surface area contributed by atoms with Crippen molar-refractivity contribution < 1.29 is 18.0 Å². The number of carbonyl (C=O) groups is 2. The molecule has 2 aliphatic rings. The van der Waals surface area contributed by atoms with Gasteiger partial charge < -0.3 is 10.6 Å². The van der Waals surface area contributed by atoms with Gasteiger partial charge in [-0.25, -0.2) is 8.42 Å². The standard InChI is InChI=1S/C13H22N2O4S/c1-3-8(2)14-12(16)10-6-11(10)13(17)15-9-4-5-20(18,19)7-9/h8-11H,3-7H2,1-2H3,(H,14,16)(H,15,17). The van der Waals surface area contributed by atoms with Gasteiger partial charge in [-0.3, -0.25) is 9.59 Å². The number of nitrogens with one attached hydrogen (secondary N) is 2. The normalized spacial score (nSPS) is 32.4. The van der Waals surface area contributed by atoms with Gasteiger partial charge in [-0.1, -0.05) is 6.92 Å². The summed E-state index contributed by atoms with van der Waals surface area (Å²) in [4.78, 5) is 23.8. The van der Waals surface area contributed by atoms with Crippen molar-refractivity contribution in [3.63, 3.8) is 0 Å². The van der Waals surface area contributed by atoms with Gasteiger partial charge in [0.2, 0.25) is 11.8 Å². The van der Waals surface area contributed by atoms with Crippen LogP contribution < -0.4 is 10.6 Å². The van der Waals surface area contributed by atoms with Gasteiger partial charge in [0, 0.05) is 12.1 Å². The third-order valence-electron chi connectivity index (χ3n) is 4.04. The van der Waals surface area contributed by atoms with E-state index < -0.39 is 9.84 Å². The van der Waals surface area contributed by atoms with Crippen molar-refractivity contribution in [2.24, 2.45) is 11.8 Å². The molecular weight excluding hydrogens is 280 g/mol. The highest BCUT2D eigenvalue weighted by molar-refractivity contribution is 7.91. The summed E-state index contributed by atoms with van der Waals surface area (Å²) >= 11 is 0. The molecule has 1 saturated heterocycles. The number of hydrogen-bond donors (Lipinski definition) is 2. The van der Waals surface area contributed by atoms with Gasteiger partial charge in [0.25, 0.3) is 0 Å². The lowest BCUT2D eigenvalue weighted by molar-refractivity contribution is -0.127. The Balaban J connectivity index is 1.77. The molecule has 2 fully saturated rings. The molecule has 20 heavy (non-hydrogen) atoms.